The van der Waals surface area contributed by atoms with Crippen molar-refractivity contribution in [3.63, 3.8) is 0 Å². The third-order valence-electron chi connectivity index (χ3n) is 3.91. The molecule has 3 heteroatoms. The topological polar surface area (TPSA) is 38.9 Å². The third-order valence-corrected chi connectivity index (χ3v) is 4.79. The Morgan fingerprint density at radius 3 is 2.38 bits per heavy atom. The van der Waals surface area contributed by atoms with Crippen molar-refractivity contribution in [2.45, 2.75) is 57.9 Å². The SMILES string of the molecule is CCC(c1ccccc1)C(N)Cc1nc(C(C)(C)C)cs1. The average molecular weight is 302 g/mol. The number of thiazole rings is 1. The molecule has 2 atom stereocenters. The summed E-state index contributed by atoms with van der Waals surface area (Å²) < 4.78 is 0. The standard InChI is InChI=1S/C18H26N2S/c1-5-14(13-9-7-6-8-10-13)15(19)11-17-20-16(12-21-17)18(2,3)4/h6-10,12,14-15H,5,11,19H2,1-4H3. The quantitative estimate of drug-likeness (QED) is 0.883. The van der Waals surface area contributed by atoms with E-state index in [0.717, 1.165) is 17.8 Å². The van der Waals surface area contributed by atoms with E-state index in [1.165, 1.54) is 11.3 Å². The van der Waals surface area contributed by atoms with Crippen LogP contribution in [0.5, 0.6) is 0 Å². The van der Waals surface area contributed by atoms with Crippen LogP contribution in [0.25, 0.3) is 0 Å². The number of nitrogens with two attached hydrogens (primary N) is 1. The van der Waals surface area contributed by atoms with Gasteiger partial charge in [-0.3, -0.25) is 0 Å². The number of aromatic nitrogens is 1. The Labute approximate surface area is 132 Å². The van der Waals surface area contributed by atoms with Gasteiger partial charge in [-0.15, -0.1) is 11.3 Å². The Kier molecular flexibility index (Phi) is 5.17. The molecule has 2 unspecified atom stereocenters. The second-order valence-corrected chi connectivity index (χ2v) is 7.61. The molecule has 2 nitrogen and oxygen atoms in total. The number of nitrogens with zero attached hydrogens (tertiary/aromatic N) is 1. The maximum atomic E-state index is 6.48. The molecule has 0 spiro atoms. The predicted molar refractivity (Wildman–Crippen MR) is 92.0 cm³/mol. The minimum atomic E-state index is 0.114. The van der Waals surface area contributed by atoms with Crippen LogP contribution in [0.3, 0.4) is 0 Å². The smallest absolute Gasteiger partial charge is 0.0944 e. The first kappa shape index (κ1) is 16.2. The molecule has 0 radical (unpaired) electrons. The van der Waals surface area contributed by atoms with Gasteiger partial charge in [-0.2, -0.15) is 0 Å². The fraction of sp³-hybridized carbons (Fsp3) is 0.500. The van der Waals surface area contributed by atoms with Crippen molar-refractivity contribution < 1.29 is 0 Å². The van der Waals surface area contributed by atoms with Gasteiger partial charge in [-0.1, -0.05) is 58.0 Å². The second-order valence-electron chi connectivity index (χ2n) is 6.67. The number of rotatable bonds is 5. The largest absolute Gasteiger partial charge is 0.327 e. The summed E-state index contributed by atoms with van der Waals surface area (Å²) in [4.78, 5) is 4.77. The lowest BCUT2D eigenvalue weighted by Crippen LogP contribution is -2.30. The molecule has 0 saturated heterocycles. The van der Waals surface area contributed by atoms with Gasteiger partial charge in [-0.05, 0) is 17.9 Å². The molecule has 0 fully saturated rings. The molecule has 0 aliphatic heterocycles. The lowest BCUT2D eigenvalue weighted by Gasteiger charge is -2.22. The molecule has 1 aromatic heterocycles. The summed E-state index contributed by atoms with van der Waals surface area (Å²) >= 11 is 1.74. The van der Waals surface area contributed by atoms with Crippen LogP contribution in [0.4, 0.5) is 0 Å². The van der Waals surface area contributed by atoms with Crippen LogP contribution >= 0.6 is 11.3 Å². The summed E-state index contributed by atoms with van der Waals surface area (Å²) in [7, 11) is 0. The molecule has 0 amide bonds. The van der Waals surface area contributed by atoms with Crippen molar-refractivity contribution in [1.82, 2.24) is 4.98 Å². The van der Waals surface area contributed by atoms with Crippen molar-refractivity contribution in [3.8, 4) is 0 Å². The van der Waals surface area contributed by atoms with Crippen molar-refractivity contribution in [3.05, 3.63) is 52.0 Å². The molecule has 0 aliphatic carbocycles. The van der Waals surface area contributed by atoms with E-state index in [-0.39, 0.29) is 11.5 Å². The first-order valence-corrected chi connectivity index (χ1v) is 8.55. The van der Waals surface area contributed by atoms with Gasteiger partial charge in [-0.25, -0.2) is 4.98 Å². The van der Waals surface area contributed by atoms with E-state index < -0.39 is 0 Å². The summed E-state index contributed by atoms with van der Waals surface area (Å²) in [5.74, 6) is 0.396. The molecular weight excluding hydrogens is 276 g/mol. The Balaban J connectivity index is 2.09. The number of hydrogen-bond donors (Lipinski definition) is 1. The van der Waals surface area contributed by atoms with Crippen molar-refractivity contribution in [2.24, 2.45) is 5.73 Å². The Morgan fingerprint density at radius 1 is 1.19 bits per heavy atom. The van der Waals surface area contributed by atoms with Crippen molar-refractivity contribution in [1.29, 1.82) is 0 Å². The number of benzene rings is 1. The molecule has 2 rings (SSSR count). The minimum absolute atomic E-state index is 0.114. The van der Waals surface area contributed by atoms with Crippen LogP contribution in [0.2, 0.25) is 0 Å². The summed E-state index contributed by atoms with van der Waals surface area (Å²) in [5.41, 5.74) is 9.09. The van der Waals surface area contributed by atoms with Crippen LogP contribution in [-0.2, 0) is 11.8 Å². The molecule has 2 aromatic rings. The van der Waals surface area contributed by atoms with Crippen LogP contribution in [0, 0.1) is 0 Å². The molecule has 2 N–H and O–H groups in total. The second kappa shape index (κ2) is 6.71. The van der Waals surface area contributed by atoms with Gasteiger partial charge in [0.25, 0.3) is 0 Å². The van der Waals surface area contributed by atoms with Gasteiger partial charge in [0, 0.05) is 23.3 Å². The fourth-order valence-corrected chi connectivity index (χ4v) is 3.67. The monoisotopic (exact) mass is 302 g/mol. The van der Waals surface area contributed by atoms with E-state index >= 15 is 0 Å². The third kappa shape index (κ3) is 4.14. The molecule has 0 aliphatic rings. The van der Waals surface area contributed by atoms with Gasteiger partial charge in [0.1, 0.15) is 0 Å². The maximum absolute atomic E-state index is 6.48. The van der Waals surface area contributed by atoms with Crippen LogP contribution < -0.4 is 5.73 Å². The van der Waals surface area contributed by atoms with Crippen LogP contribution in [0.1, 0.15) is 56.3 Å². The predicted octanol–water partition coefficient (Wildman–Crippen LogP) is 4.50. The zero-order valence-electron chi connectivity index (χ0n) is 13.5. The van der Waals surface area contributed by atoms with Crippen molar-refractivity contribution >= 4 is 11.3 Å². The highest BCUT2D eigenvalue weighted by molar-refractivity contribution is 7.09. The van der Waals surface area contributed by atoms with Gasteiger partial charge in [0.05, 0.1) is 10.7 Å². The van der Waals surface area contributed by atoms with E-state index in [0.29, 0.717) is 5.92 Å². The fourth-order valence-electron chi connectivity index (χ4n) is 2.58. The van der Waals surface area contributed by atoms with Crippen molar-refractivity contribution in [2.75, 3.05) is 0 Å². The Hall–Kier alpha value is -1.19. The van der Waals surface area contributed by atoms with E-state index in [1.54, 1.807) is 11.3 Å². The summed E-state index contributed by atoms with van der Waals surface area (Å²) in [5, 5.41) is 3.33. The van der Waals surface area contributed by atoms with E-state index in [9.17, 15) is 0 Å². The van der Waals surface area contributed by atoms with E-state index in [1.807, 2.05) is 0 Å². The number of hydrogen-bond acceptors (Lipinski definition) is 3. The molecule has 0 saturated carbocycles. The van der Waals surface area contributed by atoms with Gasteiger partial charge in [0.2, 0.25) is 0 Å². The van der Waals surface area contributed by atoms with E-state index in [2.05, 4.69) is 63.4 Å². The molecule has 1 aromatic carbocycles. The highest BCUT2D eigenvalue weighted by atomic mass is 32.1. The summed E-state index contributed by atoms with van der Waals surface area (Å²) in [6.07, 6.45) is 1.91. The first-order chi connectivity index (χ1) is 9.91. The molecular formula is C18H26N2S. The maximum Gasteiger partial charge on any atom is 0.0944 e. The zero-order chi connectivity index (χ0) is 15.5. The minimum Gasteiger partial charge on any atom is -0.327 e. The summed E-state index contributed by atoms with van der Waals surface area (Å²) in [6, 6.07) is 10.7. The molecule has 1 heterocycles. The lowest BCUT2D eigenvalue weighted by molar-refractivity contribution is 0.510. The molecule has 21 heavy (non-hydrogen) atoms. The highest BCUT2D eigenvalue weighted by Crippen LogP contribution is 2.28. The summed E-state index contributed by atoms with van der Waals surface area (Å²) in [6.45, 7) is 8.81. The molecule has 0 bridgehead atoms. The zero-order valence-corrected chi connectivity index (χ0v) is 14.3. The van der Waals surface area contributed by atoms with Gasteiger partial charge < -0.3 is 5.73 Å². The average Bonchev–Trinajstić information content (AvgIpc) is 2.89. The van der Waals surface area contributed by atoms with Gasteiger partial charge in [0.15, 0.2) is 0 Å². The van der Waals surface area contributed by atoms with Crippen LogP contribution in [0.15, 0.2) is 35.7 Å². The first-order valence-electron chi connectivity index (χ1n) is 7.67. The Bertz CT molecular complexity index is 554. The lowest BCUT2D eigenvalue weighted by atomic mass is 9.88. The van der Waals surface area contributed by atoms with Crippen LogP contribution in [-0.4, -0.2) is 11.0 Å². The normalized spacial score (nSPS) is 14.9. The van der Waals surface area contributed by atoms with Gasteiger partial charge >= 0.3 is 0 Å². The van der Waals surface area contributed by atoms with E-state index in [4.69, 9.17) is 10.7 Å². The Morgan fingerprint density at radius 2 is 1.86 bits per heavy atom. The highest BCUT2D eigenvalue weighted by Gasteiger charge is 2.22. The molecule has 114 valence electrons.